The lowest BCUT2D eigenvalue weighted by atomic mass is 10.0. The highest BCUT2D eigenvalue weighted by Gasteiger charge is 2.50. The first-order chi connectivity index (χ1) is 11.6. The van der Waals surface area contributed by atoms with E-state index in [2.05, 4.69) is 10.5 Å². The summed E-state index contributed by atoms with van der Waals surface area (Å²) in [4.78, 5) is 26.6. The monoisotopic (exact) mass is 346 g/mol. The van der Waals surface area contributed by atoms with Crippen LogP contribution in [0.4, 0.5) is 0 Å². The van der Waals surface area contributed by atoms with Crippen molar-refractivity contribution in [1.29, 1.82) is 0 Å². The molecule has 124 valence electrons. The lowest BCUT2D eigenvalue weighted by Crippen LogP contribution is -2.52. The van der Waals surface area contributed by atoms with E-state index in [1.54, 1.807) is 24.3 Å². The zero-order valence-electron chi connectivity index (χ0n) is 12.5. The second-order valence-electron chi connectivity index (χ2n) is 5.72. The maximum atomic E-state index is 12.7. The molecule has 3 aliphatic heterocycles. The smallest absolute Gasteiger partial charge is 0.261 e. The van der Waals surface area contributed by atoms with Crippen molar-refractivity contribution in [3.63, 3.8) is 0 Å². The third kappa shape index (κ3) is 2.29. The fraction of sp³-hybridized carbons (Fsp3) is 0.333. The molecule has 3 atom stereocenters. The molecule has 4 rings (SSSR count). The number of benzene rings is 1. The van der Waals surface area contributed by atoms with E-state index in [0.29, 0.717) is 23.3 Å². The van der Waals surface area contributed by atoms with Crippen molar-refractivity contribution < 1.29 is 19.1 Å². The fourth-order valence-electron chi connectivity index (χ4n) is 3.23. The van der Waals surface area contributed by atoms with Crippen molar-refractivity contribution in [2.24, 2.45) is 10.8 Å². The van der Waals surface area contributed by atoms with Crippen molar-refractivity contribution in [1.82, 2.24) is 10.3 Å². The van der Waals surface area contributed by atoms with Gasteiger partial charge in [-0.25, -0.2) is 0 Å². The normalized spacial score (nSPS) is 29.9. The fourth-order valence-corrected chi connectivity index (χ4v) is 3.28. The summed E-state index contributed by atoms with van der Waals surface area (Å²) in [6, 6.07) is 6.28. The lowest BCUT2D eigenvalue weighted by molar-refractivity contribution is -0.0376. The van der Waals surface area contributed by atoms with Gasteiger partial charge in [-0.1, -0.05) is 12.1 Å². The Kier molecular flexibility index (Phi) is 3.56. The van der Waals surface area contributed by atoms with Crippen LogP contribution in [-0.4, -0.2) is 52.6 Å². The predicted molar refractivity (Wildman–Crippen MR) is 87.3 cm³/mol. The minimum absolute atomic E-state index is 0.0138. The molecule has 1 aromatic rings. The van der Waals surface area contributed by atoms with E-state index in [1.165, 1.54) is 4.90 Å². The topological polar surface area (TPSA) is 106 Å². The number of nitrogens with one attached hydrogen (secondary N) is 1. The molecule has 24 heavy (non-hydrogen) atoms. The van der Waals surface area contributed by atoms with Gasteiger partial charge < -0.3 is 15.2 Å². The Morgan fingerprint density at radius 2 is 1.96 bits per heavy atom. The van der Waals surface area contributed by atoms with Gasteiger partial charge in [0.25, 0.3) is 11.8 Å². The van der Waals surface area contributed by atoms with Gasteiger partial charge in [-0.15, -0.1) is 0 Å². The molecule has 3 N–H and O–H groups in total. The second kappa shape index (κ2) is 5.62. The average Bonchev–Trinajstić information content (AvgIpc) is 3.10. The highest BCUT2D eigenvalue weighted by molar-refractivity contribution is 7.80. The van der Waals surface area contributed by atoms with Crippen LogP contribution in [0.15, 0.2) is 29.4 Å². The quantitative estimate of drug-likeness (QED) is 0.440. The Morgan fingerprint density at radius 3 is 2.58 bits per heavy atom. The first-order valence-electron chi connectivity index (χ1n) is 7.42. The van der Waals surface area contributed by atoms with Crippen molar-refractivity contribution in [2.75, 3.05) is 6.61 Å². The van der Waals surface area contributed by atoms with E-state index in [9.17, 15) is 9.59 Å². The number of nitrogens with zero attached hydrogens (tertiary/aromatic N) is 2. The van der Waals surface area contributed by atoms with Crippen molar-refractivity contribution in [3.8, 4) is 0 Å². The molecule has 2 fully saturated rings. The molecule has 3 aliphatic rings. The van der Waals surface area contributed by atoms with Crippen molar-refractivity contribution >= 4 is 34.9 Å². The predicted octanol–water partition coefficient (Wildman–Crippen LogP) is -0.0144. The van der Waals surface area contributed by atoms with E-state index < -0.39 is 12.3 Å². The molecule has 2 bridgehead atoms. The third-order valence-electron chi connectivity index (χ3n) is 4.30. The second-order valence-corrected chi connectivity index (χ2v) is 6.16. The average molecular weight is 346 g/mol. The van der Waals surface area contributed by atoms with E-state index in [4.69, 9.17) is 27.4 Å². The van der Waals surface area contributed by atoms with Gasteiger partial charge in [0.2, 0.25) is 0 Å². The summed E-state index contributed by atoms with van der Waals surface area (Å²) >= 11 is 4.73. The molecule has 2 amide bonds. The van der Waals surface area contributed by atoms with E-state index >= 15 is 0 Å². The van der Waals surface area contributed by atoms with E-state index in [-0.39, 0.29) is 29.6 Å². The molecule has 2 saturated heterocycles. The van der Waals surface area contributed by atoms with Crippen LogP contribution in [-0.2, 0) is 9.47 Å². The van der Waals surface area contributed by atoms with Gasteiger partial charge in [0.15, 0.2) is 11.4 Å². The summed E-state index contributed by atoms with van der Waals surface area (Å²) in [5, 5.41) is 4.10. The maximum Gasteiger partial charge on any atom is 0.261 e. The minimum Gasteiger partial charge on any atom is -0.375 e. The standard InChI is InChI=1S/C15H14N4O4S/c16-15(24)18-17-9-5-10(11-6-22-14(9)23-11)19-12(20)7-3-1-2-4-8(7)13(19)21/h1-4,10-11,14H,5-6H2,(H3,16,18,24)/t10-,11+,14+/m0/s1. The van der Waals surface area contributed by atoms with Crippen LogP contribution in [0.1, 0.15) is 27.1 Å². The number of thiocarbonyl (C=S) groups is 1. The molecule has 0 spiro atoms. The molecular weight excluding hydrogens is 332 g/mol. The van der Waals surface area contributed by atoms with Gasteiger partial charge in [-0.05, 0) is 24.4 Å². The molecule has 3 heterocycles. The van der Waals surface area contributed by atoms with Gasteiger partial charge in [0, 0.05) is 6.42 Å². The van der Waals surface area contributed by atoms with Gasteiger partial charge in [0.05, 0.1) is 29.5 Å². The summed E-state index contributed by atoms with van der Waals surface area (Å²) < 4.78 is 11.3. The summed E-state index contributed by atoms with van der Waals surface area (Å²) in [6.07, 6.45) is -0.638. The molecule has 0 radical (unpaired) electrons. The number of hydrazone groups is 1. The number of rotatable bonds is 2. The van der Waals surface area contributed by atoms with Crippen LogP contribution >= 0.6 is 12.2 Å². The molecule has 0 aliphatic carbocycles. The molecule has 0 saturated carbocycles. The highest BCUT2D eigenvalue weighted by Crippen LogP contribution is 2.33. The first-order valence-corrected chi connectivity index (χ1v) is 7.83. The Labute approximate surface area is 142 Å². The van der Waals surface area contributed by atoms with Crippen LogP contribution in [0.2, 0.25) is 0 Å². The van der Waals surface area contributed by atoms with Crippen LogP contribution < -0.4 is 11.2 Å². The van der Waals surface area contributed by atoms with Crippen LogP contribution in [0.25, 0.3) is 0 Å². The number of hydrogen-bond acceptors (Lipinski definition) is 6. The molecule has 0 unspecified atom stereocenters. The van der Waals surface area contributed by atoms with E-state index in [1.807, 2.05) is 0 Å². The van der Waals surface area contributed by atoms with Crippen LogP contribution in [0.3, 0.4) is 0 Å². The summed E-state index contributed by atoms with van der Waals surface area (Å²) in [7, 11) is 0. The van der Waals surface area contributed by atoms with E-state index in [0.717, 1.165) is 0 Å². The molecule has 0 aromatic heterocycles. The Bertz CT molecular complexity index is 745. The summed E-state index contributed by atoms with van der Waals surface area (Å²) in [5.74, 6) is -0.646. The molecule has 1 aromatic carbocycles. The van der Waals surface area contributed by atoms with Gasteiger partial charge >= 0.3 is 0 Å². The highest BCUT2D eigenvalue weighted by atomic mass is 32.1. The largest absolute Gasteiger partial charge is 0.375 e. The van der Waals surface area contributed by atoms with Gasteiger partial charge in [-0.2, -0.15) is 5.10 Å². The summed E-state index contributed by atoms with van der Waals surface area (Å²) in [6.45, 7) is 0.287. The molecule has 8 nitrogen and oxygen atoms in total. The van der Waals surface area contributed by atoms with Crippen LogP contribution in [0.5, 0.6) is 0 Å². The number of carbonyl (C=O) groups is 2. The Morgan fingerprint density at radius 1 is 1.29 bits per heavy atom. The molecular formula is C15H14N4O4S. The third-order valence-corrected chi connectivity index (χ3v) is 4.39. The Hall–Kier alpha value is -2.36. The summed E-state index contributed by atoms with van der Waals surface area (Å²) in [5.41, 5.74) is 9.20. The lowest BCUT2D eigenvalue weighted by Gasteiger charge is -2.33. The zero-order valence-corrected chi connectivity index (χ0v) is 13.3. The number of amides is 2. The number of fused-ring (bicyclic) bond motifs is 3. The zero-order chi connectivity index (χ0) is 16.8. The first kappa shape index (κ1) is 15.2. The SMILES string of the molecule is NC(=S)NN=C1C[C@H](N2C(=O)c3ccccc3C2=O)[C@H]2CO[C@@H]1O2. The maximum absolute atomic E-state index is 12.7. The minimum atomic E-state index is -0.608. The molecule has 9 heteroatoms. The van der Waals surface area contributed by atoms with Crippen LogP contribution in [0, 0.1) is 0 Å². The number of imide groups is 1. The number of hydrogen-bond donors (Lipinski definition) is 2. The van der Waals surface area contributed by atoms with Crippen molar-refractivity contribution in [2.45, 2.75) is 24.9 Å². The Balaban J connectivity index is 1.65. The van der Waals surface area contributed by atoms with Gasteiger partial charge in [0.1, 0.15) is 6.10 Å². The van der Waals surface area contributed by atoms with Crippen molar-refractivity contribution in [3.05, 3.63) is 35.4 Å². The number of ether oxygens (including phenoxy) is 2. The van der Waals surface area contributed by atoms with Gasteiger partial charge in [-0.3, -0.25) is 19.9 Å². The number of nitrogens with two attached hydrogens (primary N) is 1. The number of carbonyl (C=O) groups excluding carboxylic acids is 2.